The summed E-state index contributed by atoms with van der Waals surface area (Å²) in [5.74, 6) is 1.03. The van der Waals surface area contributed by atoms with Crippen molar-refractivity contribution in [3.8, 4) is 23.0 Å². The Morgan fingerprint density at radius 1 is 1.15 bits per heavy atom. The van der Waals surface area contributed by atoms with E-state index in [1.54, 1.807) is 19.3 Å². The maximum atomic E-state index is 15.2. The predicted molar refractivity (Wildman–Crippen MR) is 210 cm³/mol. The van der Waals surface area contributed by atoms with E-state index in [4.69, 9.17) is 29.2 Å². The molecule has 12 heteroatoms. The quantitative estimate of drug-likeness (QED) is 0.178. The lowest BCUT2D eigenvalue weighted by Gasteiger charge is -2.42. The Balaban J connectivity index is 1.23. The number of aromatic nitrogens is 3. The molecule has 2 aromatic carbocycles. The molecule has 1 amide bonds. The van der Waals surface area contributed by atoms with Gasteiger partial charge in [-0.3, -0.25) is 14.8 Å². The van der Waals surface area contributed by atoms with E-state index in [1.807, 2.05) is 62.7 Å². The van der Waals surface area contributed by atoms with E-state index in [9.17, 15) is 4.79 Å². The van der Waals surface area contributed by atoms with Crippen LogP contribution in [0.2, 0.25) is 0 Å². The Kier molecular flexibility index (Phi) is 9.20. The molecule has 0 saturated carbocycles. The molecular formula is C41H49FN6O4S. The smallest absolute Gasteiger partial charge is 0.410 e. The summed E-state index contributed by atoms with van der Waals surface area (Å²) in [7, 11) is 1.62. The Bertz CT molecular complexity index is 2090. The van der Waals surface area contributed by atoms with Crippen molar-refractivity contribution in [3.05, 3.63) is 54.0 Å². The molecule has 4 atom stereocenters. The van der Waals surface area contributed by atoms with Crippen LogP contribution in [0.1, 0.15) is 64.0 Å². The highest BCUT2D eigenvalue weighted by Gasteiger charge is 2.49. The first kappa shape index (κ1) is 35.8. The first-order valence-electron chi connectivity index (χ1n) is 18.7. The van der Waals surface area contributed by atoms with Gasteiger partial charge in [0.15, 0.2) is 0 Å². The molecule has 4 saturated heterocycles. The summed E-state index contributed by atoms with van der Waals surface area (Å²) < 4.78 is 33.5. The van der Waals surface area contributed by atoms with Gasteiger partial charge in [0.2, 0.25) is 0 Å². The molecule has 6 heterocycles. The lowest BCUT2D eigenvalue weighted by Crippen LogP contribution is -2.57. The number of carbonyl (C=O) groups is 1. The molecule has 2 bridgehead atoms. The second kappa shape index (κ2) is 13.6. The third-order valence-corrected chi connectivity index (χ3v) is 12.7. The minimum atomic E-state index is -0.570. The molecule has 8 rings (SSSR count). The summed E-state index contributed by atoms with van der Waals surface area (Å²) in [6.45, 7) is 15.6. The standard InChI is InChI=1S/C41H49FN6O4S/c1-8-30-33(42)13-10-25-16-28(50-6)17-31(34(25)30)35-24(2)36-32(19-43-35)37(46-20-26-11-12-27(21-46)48(26)39(49)52-40(3,4)5)45-38(44-36)51-23-41-14-9-15-47(41)22-29(18-41)53-7/h8,10,13,16-17,19,26-27,29H,1,9,11-12,14-15,18,20-23H2,2-7H3/t26?,27?,29-,41+/m1/s1. The van der Waals surface area contributed by atoms with Crippen molar-refractivity contribution >= 4 is 51.4 Å². The minimum absolute atomic E-state index is 0.00501. The number of hydrogen-bond donors (Lipinski definition) is 0. The number of amides is 1. The average molecular weight is 741 g/mol. The molecule has 2 aromatic heterocycles. The minimum Gasteiger partial charge on any atom is -0.497 e. The van der Waals surface area contributed by atoms with Crippen molar-refractivity contribution in [1.82, 2.24) is 24.8 Å². The lowest BCUT2D eigenvalue weighted by molar-refractivity contribution is 0.0122. The molecule has 10 nitrogen and oxygen atoms in total. The van der Waals surface area contributed by atoms with E-state index < -0.39 is 5.60 Å². The summed E-state index contributed by atoms with van der Waals surface area (Å²) in [5, 5.41) is 2.92. The van der Waals surface area contributed by atoms with Gasteiger partial charge < -0.3 is 19.1 Å². The number of carbonyl (C=O) groups excluding carboxylic acids is 1. The van der Waals surface area contributed by atoms with E-state index in [2.05, 4.69) is 22.6 Å². The highest BCUT2D eigenvalue weighted by atomic mass is 32.2. The molecule has 4 aliphatic rings. The van der Waals surface area contributed by atoms with Gasteiger partial charge in [0.05, 0.1) is 41.3 Å². The van der Waals surface area contributed by atoms with E-state index in [-0.39, 0.29) is 29.5 Å². The second-order valence-electron chi connectivity index (χ2n) is 16.1. The van der Waals surface area contributed by atoms with Crippen LogP contribution < -0.4 is 14.4 Å². The first-order valence-corrected chi connectivity index (χ1v) is 20.0. The van der Waals surface area contributed by atoms with E-state index in [0.29, 0.717) is 53.3 Å². The third kappa shape index (κ3) is 6.35. The van der Waals surface area contributed by atoms with E-state index in [0.717, 1.165) is 78.4 Å². The average Bonchev–Trinajstić information content (AvgIpc) is 3.77. The maximum Gasteiger partial charge on any atom is 0.410 e. The number of hydrogen-bond acceptors (Lipinski definition) is 10. The van der Waals surface area contributed by atoms with Crippen molar-refractivity contribution in [2.24, 2.45) is 0 Å². The highest BCUT2D eigenvalue weighted by molar-refractivity contribution is 7.99. The molecule has 2 unspecified atom stereocenters. The normalized spacial score (nSPS) is 24.2. The Morgan fingerprint density at radius 2 is 1.92 bits per heavy atom. The van der Waals surface area contributed by atoms with E-state index in [1.165, 1.54) is 6.07 Å². The molecule has 0 aliphatic carbocycles. The third-order valence-electron chi connectivity index (χ3n) is 11.7. The van der Waals surface area contributed by atoms with Crippen LogP contribution in [-0.2, 0) is 4.74 Å². The zero-order valence-corrected chi connectivity index (χ0v) is 32.4. The summed E-state index contributed by atoms with van der Waals surface area (Å²) in [6.07, 6.45) is 10.5. The number of piperazine rings is 1. The lowest BCUT2D eigenvalue weighted by atomic mass is 9.94. The number of anilines is 1. The van der Waals surface area contributed by atoms with Crippen molar-refractivity contribution in [2.45, 2.75) is 88.3 Å². The van der Waals surface area contributed by atoms with Crippen LogP contribution in [-0.4, -0.2) is 105 Å². The Morgan fingerprint density at radius 3 is 2.62 bits per heavy atom. The summed E-state index contributed by atoms with van der Waals surface area (Å²) in [5.41, 5.74) is 2.76. The van der Waals surface area contributed by atoms with Gasteiger partial charge in [-0.15, -0.1) is 0 Å². The van der Waals surface area contributed by atoms with Crippen LogP contribution in [0.25, 0.3) is 39.0 Å². The number of ether oxygens (including phenoxy) is 3. The van der Waals surface area contributed by atoms with Gasteiger partial charge >= 0.3 is 12.1 Å². The van der Waals surface area contributed by atoms with Crippen LogP contribution in [0.4, 0.5) is 15.0 Å². The van der Waals surface area contributed by atoms with Gasteiger partial charge in [0, 0.05) is 53.2 Å². The molecule has 0 radical (unpaired) electrons. The molecule has 280 valence electrons. The maximum absolute atomic E-state index is 15.2. The number of halogens is 1. The van der Waals surface area contributed by atoms with Crippen LogP contribution >= 0.6 is 11.8 Å². The Labute approximate surface area is 315 Å². The second-order valence-corrected chi connectivity index (χ2v) is 17.2. The van der Waals surface area contributed by atoms with Gasteiger partial charge in [-0.25, -0.2) is 9.18 Å². The largest absolute Gasteiger partial charge is 0.497 e. The molecular weight excluding hydrogens is 692 g/mol. The van der Waals surface area contributed by atoms with Gasteiger partial charge in [-0.05, 0) is 96.2 Å². The number of nitrogens with zero attached hydrogens (tertiary/aromatic N) is 6. The number of rotatable bonds is 8. The van der Waals surface area contributed by atoms with Gasteiger partial charge in [-0.1, -0.05) is 18.7 Å². The highest BCUT2D eigenvalue weighted by Crippen LogP contribution is 2.44. The molecule has 4 aliphatic heterocycles. The van der Waals surface area contributed by atoms with Crippen molar-refractivity contribution < 1.29 is 23.4 Å². The van der Waals surface area contributed by atoms with Crippen LogP contribution in [0.15, 0.2) is 37.0 Å². The monoisotopic (exact) mass is 740 g/mol. The zero-order valence-electron chi connectivity index (χ0n) is 31.6. The van der Waals surface area contributed by atoms with Crippen LogP contribution in [0, 0.1) is 12.7 Å². The number of fused-ring (bicyclic) bond motifs is 5. The topological polar surface area (TPSA) is 93.2 Å². The van der Waals surface area contributed by atoms with Crippen molar-refractivity contribution in [1.29, 1.82) is 0 Å². The fourth-order valence-electron chi connectivity index (χ4n) is 9.22. The molecule has 0 spiro atoms. The number of aryl methyl sites for hydroxylation is 1. The SMILES string of the molecule is C=Cc1c(F)ccc2cc(OC)cc(-c3ncc4c(N5CC6CCC(C5)N6C(=O)OC(C)(C)C)nc(OC[C@@]56CCCN5C[C@H](SC)C6)nc4c3C)c12. The van der Waals surface area contributed by atoms with Crippen LogP contribution in [0.3, 0.4) is 0 Å². The molecule has 4 aromatic rings. The fourth-order valence-corrected chi connectivity index (χ4v) is 10.0. The van der Waals surface area contributed by atoms with Gasteiger partial charge in [0.1, 0.15) is 29.6 Å². The summed E-state index contributed by atoms with van der Waals surface area (Å²) in [6, 6.07) is 7.34. The Hall–Kier alpha value is -4.16. The molecule has 0 N–H and O–H groups in total. The van der Waals surface area contributed by atoms with E-state index >= 15 is 4.39 Å². The van der Waals surface area contributed by atoms with Crippen molar-refractivity contribution in [2.75, 3.05) is 51.1 Å². The zero-order chi connectivity index (χ0) is 37.2. The fraction of sp³-hybridized carbons (Fsp3) is 0.512. The number of methoxy groups -OCH3 is 1. The van der Waals surface area contributed by atoms with Crippen molar-refractivity contribution in [3.63, 3.8) is 0 Å². The predicted octanol–water partition coefficient (Wildman–Crippen LogP) is 7.88. The van der Waals surface area contributed by atoms with Gasteiger partial charge in [0.25, 0.3) is 0 Å². The summed E-state index contributed by atoms with van der Waals surface area (Å²) >= 11 is 1.93. The van der Waals surface area contributed by atoms with Gasteiger partial charge in [-0.2, -0.15) is 21.7 Å². The van der Waals surface area contributed by atoms with Crippen LogP contribution in [0.5, 0.6) is 11.8 Å². The first-order chi connectivity index (χ1) is 25.4. The number of benzene rings is 2. The number of thioether (sulfide) groups is 1. The summed E-state index contributed by atoms with van der Waals surface area (Å²) in [4.78, 5) is 35.4. The molecule has 53 heavy (non-hydrogen) atoms. The number of pyridine rings is 1. The molecule has 4 fully saturated rings.